The number of carbonyl (C=O) groups is 2. The Morgan fingerprint density at radius 2 is 2.09 bits per heavy atom. The molecule has 1 aromatic carbocycles. The Balaban J connectivity index is 2.16. The van der Waals surface area contributed by atoms with Gasteiger partial charge in [0, 0.05) is 13.2 Å². The summed E-state index contributed by atoms with van der Waals surface area (Å²) in [4.78, 5) is 29.5. The second kappa shape index (κ2) is 5.61. The van der Waals surface area contributed by atoms with Crippen LogP contribution in [0.1, 0.15) is 33.0 Å². The maximum Gasteiger partial charge on any atom is 0.356 e. The van der Waals surface area contributed by atoms with Crippen LogP contribution < -0.4 is 0 Å². The highest BCUT2D eigenvalue weighted by Gasteiger charge is 2.29. The van der Waals surface area contributed by atoms with Crippen LogP contribution in [0.15, 0.2) is 30.6 Å². The van der Waals surface area contributed by atoms with Crippen molar-refractivity contribution in [1.82, 2.24) is 14.5 Å². The monoisotopic (exact) mass is 301 g/mol. The molecule has 7 nitrogen and oxygen atoms in total. The van der Waals surface area contributed by atoms with Gasteiger partial charge in [-0.25, -0.2) is 9.78 Å². The lowest BCUT2D eigenvalue weighted by Crippen LogP contribution is -2.31. The van der Waals surface area contributed by atoms with Crippen molar-refractivity contribution in [3.8, 4) is 5.69 Å². The van der Waals surface area contributed by atoms with Crippen molar-refractivity contribution in [1.29, 1.82) is 0 Å². The number of nitrogens with zero attached hydrogens (tertiary/aromatic N) is 3. The number of aromatic carboxylic acids is 1. The smallest absolute Gasteiger partial charge is 0.356 e. The van der Waals surface area contributed by atoms with E-state index in [4.69, 9.17) is 5.11 Å². The van der Waals surface area contributed by atoms with E-state index in [2.05, 4.69) is 4.98 Å². The lowest BCUT2D eigenvalue weighted by molar-refractivity contribution is 0.0675. The number of carboxylic acid groups (broad SMARTS) is 1. The number of imidazole rings is 1. The fourth-order valence-corrected chi connectivity index (χ4v) is 2.64. The molecule has 0 saturated carbocycles. The van der Waals surface area contributed by atoms with Crippen molar-refractivity contribution in [3.05, 3.63) is 47.5 Å². The zero-order valence-electron chi connectivity index (χ0n) is 11.8. The van der Waals surface area contributed by atoms with E-state index in [9.17, 15) is 14.7 Å². The third kappa shape index (κ3) is 2.25. The molecule has 2 heterocycles. The van der Waals surface area contributed by atoms with Gasteiger partial charge in [-0.1, -0.05) is 12.1 Å². The Kier molecular flexibility index (Phi) is 3.64. The molecule has 22 heavy (non-hydrogen) atoms. The summed E-state index contributed by atoms with van der Waals surface area (Å²) in [6.45, 7) is 0.472. The van der Waals surface area contributed by atoms with E-state index in [1.165, 1.54) is 6.33 Å². The van der Waals surface area contributed by atoms with Gasteiger partial charge in [0.25, 0.3) is 5.91 Å². The molecular weight excluding hydrogens is 286 g/mol. The van der Waals surface area contributed by atoms with E-state index in [1.54, 1.807) is 33.7 Å². The first-order valence-corrected chi connectivity index (χ1v) is 6.92. The van der Waals surface area contributed by atoms with Crippen molar-refractivity contribution in [2.45, 2.75) is 13.0 Å². The Hall–Kier alpha value is -2.67. The lowest BCUT2D eigenvalue weighted by Gasteiger charge is -2.20. The van der Waals surface area contributed by atoms with E-state index in [1.807, 2.05) is 0 Å². The summed E-state index contributed by atoms with van der Waals surface area (Å²) < 4.78 is 1.65. The van der Waals surface area contributed by atoms with Gasteiger partial charge in [0.1, 0.15) is 6.33 Å². The van der Waals surface area contributed by atoms with E-state index >= 15 is 0 Å². The second-order valence-electron chi connectivity index (χ2n) is 5.04. The molecule has 0 unspecified atom stereocenters. The van der Waals surface area contributed by atoms with Crippen molar-refractivity contribution < 1.29 is 19.8 Å². The van der Waals surface area contributed by atoms with Gasteiger partial charge in [-0.05, 0) is 18.6 Å². The zero-order chi connectivity index (χ0) is 15.7. The summed E-state index contributed by atoms with van der Waals surface area (Å²) >= 11 is 0. The van der Waals surface area contributed by atoms with Gasteiger partial charge >= 0.3 is 5.97 Å². The first-order chi connectivity index (χ1) is 10.6. The minimum absolute atomic E-state index is 0.0313. The molecule has 0 fully saturated rings. The average molecular weight is 301 g/mol. The van der Waals surface area contributed by atoms with Crippen LogP contribution in [0.4, 0.5) is 0 Å². The fraction of sp³-hybridized carbons (Fsp3) is 0.267. The molecule has 7 heteroatoms. The van der Waals surface area contributed by atoms with E-state index in [-0.39, 0.29) is 24.8 Å². The van der Waals surface area contributed by atoms with Gasteiger partial charge in [-0.3, -0.25) is 9.36 Å². The highest BCUT2D eigenvalue weighted by molar-refractivity contribution is 5.99. The van der Waals surface area contributed by atoms with E-state index in [0.717, 1.165) is 0 Å². The molecule has 0 bridgehead atoms. The van der Waals surface area contributed by atoms with Crippen molar-refractivity contribution >= 4 is 11.9 Å². The van der Waals surface area contributed by atoms with Crippen LogP contribution in [-0.2, 0) is 6.54 Å². The Morgan fingerprint density at radius 1 is 1.32 bits per heavy atom. The fourth-order valence-electron chi connectivity index (χ4n) is 2.64. The van der Waals surface area contributed by atoms with Crippen LogP contribution >= 0.6 is 0 Å². The Labute approximate surface area is 126 Å². The molecule has 3 rings (SSSR count). The molecule has 1 aliphatic heterocycles. The summed E-state index contributed by atoms with van der Waals surface area (Å²) in [5, 5.41) is 18.3. The van der Waals surface area contributed by atoms with Crippen LogP contribution in [0.2, 0.25) is 0 Å². The number of para-hydroxylation sites is 1. The third-order valence-electron chi connectivity index (χ3n) is 3.68. The zero-order valence-corrected chi connectivity index (χ0v) is 11.8. The molecule has 1 amide bonds. The molecular formula is C15H15N3O4. The van der Waals surface area contributed by atoms with Gasteiger partial charge in [0.2, 0.25) is 0 Å². The number of carbonyl (C=O) groups excluding carboxylic acids is 1. The quantitative estimate of drug-likeness (QED) is 0.875. The average Bonchev–Trinajstić information content (AvgIpc) is 2.89. The predicted octanol–water partition coefficient (Wildman–Crippen LogP) is 0.909. The number of benzene rings is 1. The number of carboxylic acids is 1. The summed E-state index contributed by atoms with van der Waals surface area (Å²) in [6.07, 6.45) is 1.87. The molecule has 0 saturated heterocycles. The largest absolute Gasteiger partial charge is 0.476 e. The summed E-state index contributed by atoms with van der Waals surface area (Å²) in [7, 11) is 0. The molecule has 1 aliphatic rings. The maximum absolute atomic E-state index is 12.7. The first-order valence-electron chi connectivity index (χ1n) is 6.92. The highest BCUT2D eigenvalue weighted by atomic mass is 16.4. The number of hydrogen-bond donors (Lipinski definition) is 2. The standard InChI is InChI=1S/C15H15N3O4/c19-7-3-6-17-8-12-13(15(21)22)16-9-18(12)11-5-2-1-4-10(11)14(17)20/h1-2,4-5,9,19H,3,6-8H2,(H,21,22). The molecule has 2 aromatic rings. The minimum atomic E-state index is -1.12. The SMILES string of the molecule is O=C(O)c1ncn2c1CN(CCCO)C(=O)c1ccccc1-2. The first kappa shape index (κ1) is 14.3. The molecule has 0 radical (unpaired) electrons. The topological polar surface area (TPSA) is 95.7 Å². The lowest BCUT2D eigenvalue weighted by atomic mass is 10.1. The van der Waals surface area contributed by atoms with Crippen LogP contribution in [0.5, 0.6) is 0 Å². The van der Waals surface area contributed by atoms with Gasteiger partial charge in [-0.15, -0.1) is 0 Å². The number of rotatable bonds is 4. The van der Waals surface area contributed by atoms with E-state index < -0.39 is 5.97 Å². The summed E-state index contributed by atoms with van der Waals surface area (Å²) in [6, 6.07) is 7.03. The molecule has 0 atom stereocenters. The molecule has 1 aromatic heterocycles. The minimum Gasteiger partial charge on any atom is -0.476 e. The highest BCUT2D eigenvalue weighted by Crippen LogP contribution is 2.26. The summed E-state index contributed by atoms with van der Waals surface area (Å²) in [5.41, 5.74) is 1.52. The van der Waals surface area contributed by atoms with Crippen molar-refractivity contribution in [3.63, 3.8) is 0 Å². The molecule has 114 valence electrons. The number of fused-ring (bicyclic) bond motifs is 3. The van der Waals surface area contributed by atoms with Crippen LogP contribution in [0, 0.1) is 0 Å². The normalized spacial score (nSPS) is 13.5. The van der Waals surface area contributed by atoms with Crippen molar-refractivity contribution in [2.75, 3.05) is 13.2 Å². The Morgan fingerprint density at radius 3 is 2.82 bits per heavy atom. The van der Waals surface area contributed by atoms with Gasteiger partial charge < -0.3 is 15.1 Å². The van der Waals surface area contributed by atoms with Crippen LogP contribution in [0.3, 0.4) is 0 Å². The van der Waals surface area contributed by atoms with Crippen LogP contribution in [0.25, 0.3) is 5.69 Å². The summed E-state index contributed by atoms with van der Waals surface area (Å²) in [5.74, 6) is -1.30. The predicted molar refractivity (Wildman–Crippen MR) is 77.0 cm³/mol. The van der Waals surface area contributed by atoms with Gasteiger partial charge in [0.15, 0.2) is 5.69 Å². The molecule has 0 spiro atoms. The van der Waals surface area contributed by atoms with E-state index in [0.29, 0.717) is 29.9 Å². The molecule has 2 N–H and O–H groups in total. The number of aliphatic hydroxyl groups is 1. The van der Waals surface area contributed by atoms with Crippen molar-refractivity contribution in [2.24, 2.45) is 0 Å². The Bertz CT molecular complexity index is 738. The number of aromatic nitrogens is 2. The van der Waals surface area contributed by atoms with Gasteiger partial charge in [0.05, 0.1) is 23.5 Å². The number of amides is 1. The maximum atomic E-state index is 12.7. The van der Waals surface area contributed by atoms with Crippen LogP contribution in [-0.4, -0.2) is 49.7 Å². The second-order valence-corrected chi connectivity index (χ2v) is 5.04. The number of aliphatic hydroxyl groups excluding tert-OH is 1. The third-order valence-corrected chi connectivity index (χ3v) is 3.68. The van der Waals surface area contributed by atoms with Gasteiger partial charge in [-0.2, -0.15) is 0 Å². The number of hydrogen-bond acceptors (Lipinski definition) is 4. The molecule has 0 aliphatic carbocycles.